The van der Waals surface area contributed by atoms with Crippen molar-refractivity contribution in [3.05, 3.63) is 74.5 Å². The van der Waals surface area contributed by atoms with Gasteiger partial charge in [-0.1, -0.05) is 55.5 Å². The van der Waals surface area contributed by atoms with Gasteiger partial charge in [-0.05, 0) is 58.1 Å². The van der Waals surface area contributed by atoms with Gasteiger partial charge >= 0.3 is 11.9 Å². The number of rotatable bonds is 12. The van der Waals surface area contributed by atoms with E-state index in [0.717, 1.165) is 22.3 Å². The first-order valence-corrected chi connectivity index (χ1v) is 13.9. The van der Waals surface area contributed by atoms with Gasteiger partial charge in [0.25, 0.3) is 5.56 Å². The third-order valence-electron chi connectivity index (χ3n) is 5.99. The summed E-state index contributed by atoms with van der Waals surface area (Å²) in [5.41, 5.74) is 2.56. The molecular formula is C28H29BrN6O6. The molecule has 0 saturated heterocycles. The molecule has 0 saturated carbocycles. The van der Waals surface area contributed by atoms with E-state index in [1.165, 1.54) is 4.68 Å². The molecule has 0 spiro atoms. The van der Waals surface area contributed by atoms with Gasteiger partial charge in [0.05, 0.1) is 36.4 Å². The summed E-state index contributed by atoms with van der Waals surface area (Å²) in [6.45, 7) is 5.54. The maximum absolute atomic E-state index is 13.7. The zero-order valence-electron chi connectivity index (χ0n) is 22.8. The van der Waals surface area contributed by atoms with Gasteiger partial charge in [0.15, 0.2) is 5.92 Å². The van der Waals surface area contributed by atoms with Crippen molar-refractivity contribution in [1.29, 1.82) is 0 Å². The summed E-state index contributed by atoms with van der Waals surface area (Å²) >= 11 is 3.35. The molecule has 2 aromatic carbocycles. The van der Waals surface area contributed by atoms with E-state index in [4.69, 9.17) is 14.2 Å². The number of hydrogen-bond donors (Lipinski definition) is 1. The molecule has 1 N–H and O–H groups in total. The Bertz CT molecular complexity index is 1540. The summed E-state index contributed by atoms with van der Waals surface area (Å²) < 4.78 is 17.3. The van der Waals surface area contributed by atoms with Crippen LogP contribution in [0.1, 0.15) is 44.2 Å². The standard InChI is InChI=1S/C28H29BrN6O6/c1-4-15-41-25-23(29)21(22(27(37)39-5-2)28(38)40-6-3)26(36)35(32-25)16-17-11-13-18(14-12-17)19-9-7-8-10-20(19)24-30-33-34-31-24/h7-14,22H,4-6,15-16H2,1-3H3,(H,30,31,33,34). The Kier molecular flexibility index (Phi) is 9.95. The van der Waals surface area contributed by atoms with Crippen LogP contribution in [0.4, 0.5) is 0 Å². The van der Waals surface area contributed by atoms with E-state index in [2.05, 4.69) is 41.7 Å². The molecule has 4 rings (SSSR count). The number of halogens is 1. The van der Waals surface area contributed by atoms with E-state index < -0.39 is 23.4 Å². The number of aromatic amines is 1. The van der Waals surface area contributed by atoms with E-state index >= 15 is 0 Å². The van der Waals surface area contributed by atoms with Crippen LogP contribution >= 0.6 is 15.9 Å². The smallest absolute Gasteiger partial charge is 0.325 e. The topological polar surface area (TPSA) is 151 Å². The minimum absolute atomic E-state index is 0.0209. The Morgan fingerprint density at radius 1 is 0.976 bits per heavy atom. The van der Waals surface area contributed by atoms with Crippen LogP contribution in [0.5, 0.6) is 5.88 Å². The van der Waals surface area contributed by atoms with Gasteiger partial charge in [-0.2, -0.15) is 5.21 Å². The molecule has 214 valence electrons. The number of H-pyrrole nitrogens is 1. The molecule has 12 nitrogen and oxygen atoms in total. The third kappa shape index (κ3) is 6.68. The Balaban J connectivity index is 1.74. The second-order valence-corrected chi connectivity index (χ2v) is 9.55. The molecule has 2 aromatic heterocycles. The molecule has 0 radical (unpaired) electrons. The average molecular weight is 625 g/mol. The van der Waals surface area contributed by atoms with Crippen LogP contribution < -0.4 is 10.3 Å². The molecule has 4 aromatic rings. The van der Waals surface area contributed by atoms with Gasteiger partial charge in [-0.15, -0.1) is 15.3 Å². The maximum atomic E-state index is 13.7. The van der Waals surface area contributed by atoms with Crippen molar-refractivity contribution in [2.24, 2.45) is 0 Å². The summed E-state index contributed by atoms with van der Waals surface area (Å²) in [6, 6.07) is 15.2. The highest BCUT2D eigenvalue weighted by Gasteiger charge is 2.38. The van der Waals surface area contributed by atoms with E-state index in [9.17, 15) is 14.4 Å². The van der Waals surface area contributed by atoms with Gasteiger partial charge in [0.2, 0.25) is 11.7 Å². The molecule has 0 aliphatic rings. The number of esters is 2. The van der Waals surface area contributed by atoms with E-state index in [-0.39, 0.29) is 35.7 Å². The molecule has 0 fully saturated rings. The zero-order valence-corrected chi connectivity index (χ0v) is 24.4. The first-order chi connectivity index (χ1) is 19.9. The van der Waals surface area contributed by atoms with Crippen LogP contribution in [0.3, 0.4) is 0 Å². The van der Waals surface area contributed by atoms with Crippen molar-refractivity contribution < 1.29 is 23.8 Å². The number of tetrazole rings is 1. The molecule has 0 bridgehead atoms. The SMILES string of the molecule is CCCOc1nn(Cc2ccc(-c3ccccc3-c3nn[nH]n3)cc2)c(=O)c(C(C(=O)OCC)C(=O)OCC)c1Br. The molecule has 41 heavy (non-hydrogen) atoms. The predicted molar refractivity (Wildman–Crippen MR) is 152 cm³/mol. The number of benzene rings is 2. The highest BCUT2D eigenvalue weighted by molar-refractivity contribution is 9.10. The Morgan fingerprint density at radius 3 is 2.22 bits per heavy atom. The summed E-state index contributed by atoms with van der Waals surface area (Å²) in [4.78, 5) is 39.5. The van der Waals surface area contributed by atoms with Crippen LogP contribution in [0.25, 0.3) is 22.5 Å². The molecule has 0 aliphatic carbocycles. The first kappa shape index (κ1) is 29.6. The first-order valence-electron chi connectivity index (χ1n) is 13.1. The van der Waals surface area contributed by atoms with Crippen LogP contribution in [0.15, 0.2) is 57.8 Å². The molecule has 0 atom stereocenters. The van der Waals surface area contributed by atoms with Crippen molar-refractivity contribution in [3.8, 4) is 28.4 Å². The number of hydrogen-bond acceptors (Lipinski definition) is 10. The highest BCUT2D eigenvalue weighted by Crippen LogP contribution is 2.32. The molecular weight excluding hydrogens is 596 g/mol. The number of carbonyl (C=O) groups excluding carboxylic acids is 2. The number of ether oxygens (including phenoxy) is 3. The number of nitrogens with zero attached hydrogens (tertiary/aromatic N) is 5. The Labute approximate surface area is 244 Å². The van der Waals surface area contributed by atoms with E-state index in [1.54, 1.807) is 13.8 Å². The fourth-order valence-electron chi connectivity index (χ4n) is 4.15. The summed E-state index contributed by atoms with van der Waals surface area (Å²) in [7, 11) is 0. The quantitative estimate of drug-likeness (QED) is 0.181. The molecule has 0 aliphatic heterocycles. The molecule has 0 amide bonds. The molecule has 13 heteroatoms. The van der Waals surface area contributed by atoms with Crippen LogP contribution in [0, 0.1) is 0 Å². The maximum Gasteiger partial charge on any atom is 0.325 e. The Morgan fingerprint density at radius 2 is 1.63 bits per heavy atom. The lowest BCUT2D eigenvalue weighted by atomic mass is 9.98. The second-order valence-electron chi connectivity index (χ2n) is 8.76. The van der Waals surface area contributed by atoms with Gasteiger partial charge in [-0.25, -0.2) is 4.68 Å². The van der Waals surface area contributed by atoms with E-state index in [1.807, 2.05) is 55.5 Å². The van der Waals surface area contributed by atoms with Gasteiger partial charge in [-0.3, -0.25) is 14.4 Å². The number of aromatic nitrogens is 6. The van der Waals surface area contributed by atoms with E-state index in [0.29, 0.717) is 18.9 Å². The zero-order chi connectivity index (χ0) is 29.4. The van der Waals surface area contributed by atoms with Crippen molar-refractivity contribution in [3.63, 3.8) is 0 Å². The largest absolute Gasteiger partial charge is 0.476 e. The van der Waals surface area contributed by atoms with Gasteiger partial charge in [0.1, 0.15) is 0 Å². The van der Waals surface area contributed by atoms with Crippen molar-refractivity contribution in [2.45, 2.75) is 39.7 Å². The Hall–Kier alpha value is -4.39. The molecule has 2 heterocycles. The third-order valence-corrected chi connectivity index (χ3v) is 6.75. The lowest BCUT2D eigenvalue weighted by molar-refractivity contribution is -0.157. The number of nitrogens with one attached hydrogen (secondary N) is 1. The van der Waals surface area contributed by atoms with Crippen LogP contribution in [-0.2, 0) is 25.6 Å². The summed E-state index contributed by atoms with van der Waals surface area (Å²) in [5.74, 6) is -2.86. The molecule has 0 unspecified atom stereocenters. The van der Waals surface area contributed by atoms with Crippen LogP contribution in [-0.4, -0.2) is 62.2 Å². The fraction of sp³-hybridized carbons (Fsp3) is 0.321. The van der Waals surface area contributed by atoms with Crippen LogP contribution in [0.2, 0.25) is 0 Å². The predicted octanol–water partition coefficient (Wildman–Crippen LogP) is 3.90. The van der Waals surface area contributed by atoms with Crippen molar-refractivity contribution in [2.75, 3.05) is 19.8 Å². The fourth-order valence-corrected chi connectivity index (χ4v) is 4.74. The van der Waals surface area contributed by atoms with Crippen molar-refractivity contribution >= 4 is 27.9 Å². The lowest BCUT2D eigenvalue weighted by Crippen LogP contribution is -2.36. The monoisotopic (exact) mass is 624 g/mol. The normalized spacial score (nSPS) is 11.0. The van der Waals surface area contributed by atoms with Gasteiger partial charge in [0, 0.05) is 5.56 Å². The minimum atomic E-state index is -1.61. The second kappa shape index (κ2) is 13.8. The average Bonchev–Trinajstić information content (AvgIpc) is 3.52. The lowest BCUT2D eigenvalue weighted by Gasteiger charge is -2.19. The highest BCUT2D eigenvalue weighted by atomic mass is 79.9. The summed E-state index contributed by atoms with van der Waals surface area (Å²) in [6.07, 6.45) is 0.675. The minimum Gasteiger partial charge on any atom is -0.476 e. The summed E-state index contributed by atoms with van der Waals surface area (Å²) in [5, 5.41) is 18.7. The number of carbonyl (C=O) groups is 2. The van der Waals surface area contributed by atoms with Crippen molar-refractivity contribution in [1.82, 2.24) is 30.4 Å². The van der Waals surface area contributed by atoms with Gasteiger partial charge < -0.3 is 14.2 Å².